The van der Waals surface area contributed by atoms with Crippen LogP contribution in [0.25, 0.3) is 0 Å². The molecule has 1 aliphatic carbocycles. The predicted molar refractivity (Wildman–Crippen MR) is 86.3 cm³/mol. The lowest BCUT2D eigenvalue weighted by atomic mass is 9.80. The first-order chi connectivity index (χ1) is 10.2. The Kier molecular flexibility index (Phi) is 4.63. The van der Waals surface area contributed by atoms with E-state index in [4.69, 9.17) is 10.5 Å². The summed E-state index contributed by atoms with van der Waals surface area (Å²) in [5, 5.41) is 0. The minimum Gasteiger partial charge on any atom is -0.372 e. The Hall–Kier alpha value is -0.900. The summed E-state index contributed by atoms with van der Waals surface area (Å²) in [5.41, 5.74) is 9.17. The number of nitrogens with zero attached hydrogens (tertiary/aromatic N) is 1. The molecule has 1 fully saturated rings. The molecular weight excluding hydrogens is 260 g/mol. The van der Waals surface area contributed by atoms with Gasteiger partial charge < -0.3 is 10.5 Å². The van der Waals surface area contributed by atoms with Crippen LogP contribution >= 0.6 is 0 Å². The van der Waals surface area contributed by atoms with Crippen LogP contribution in [0, 0.1) is 0 Å². The Morgan fingerprint density at radius 3 is 2.76 bits per heavy atom. The molecule has 2 aliphatic rings. The molecule has 1 aliphatic heterocycles. The van der Waals surface area contributed by atoms with Crippen LogP contribution in [-0.2, 0) is 11.2 Å². The SMILES string of the molecule is CN(CC1OCCc2ccccc21)C1(CN)CCCCC1. The largest absolute Gasteiger partial charge is 0.372 e. The second-order valence-electron chi connectivity index (χ2n) is 6.68. The molecule has 0 radical (unpaired) electrons. The summed E-state index contributed by atoms with van der Waals surface area (Å²) < 4.78 is 6.07. The molecule has 21 heavy (non-hydrogen) atoms. The zero-order valence-corrected chi connectivity index (χ0v) is 13.2. The van der Waals surface area contributed by atoms with Crippen LogP contribution in [0.1, 0.15) is 49.3 Å². The lowest BCUT2D eigenvalue weighted by Gasteiger charge is -2.45. The fraction of sp³-hybridized carbons (Fsp3) is 0.667. The van der Waals surface area contributed by atoms with E-state index < -0.39 is 0 Å². The maximum Gasteiger partial charge on any atom is 0.0954 e. The predicted octanol–water partition coefficient (Wildman–Crippen LogP) is 2.89. The van der Waals surface area contributed by atoms with Crippen LogP contribution in [0.2, 0.25) is 0 Å². The highest BCUT2D eigenvalue weighted by atomic mass is 16.5. The van der Waals surface area contributed by atoms with Crippen LogP contribution in [-0.4, -0.2) is 37.2 Å². The van der Waals surface area contributed by atoms with Gasteiger partial charge in [0.1, 0.15) is 0 Å². The molecule has 0 saturated heterocycles. The van der Waals surface area contributed by atoms with E-state index >= 15 is 0 Å². The van der Waals surface area contributed by atoms with Crippen molar-refractivity contribution in [2.75, 3.05) is 26.7 Å². The third-order valence-electron chi connectivity index (χ3n) is 5.51. The maximum atomic E-state index is 6.16. The summed E-state index contributed by atoms with van der Waals surface area (Å²) in [6.45, 7) is 2.55. The Morgan fingerprint density at radius 2 is 2.00 bits per heavy atom. The molecule has 1 aromatic carbocycles. The highest BCUT2D eigenvalue weighted by Crippen LogP contribution is 2.35. The van der Waals surface area contributed by atoms with Gasteiger partial charge in [-0.3, -0.25) is 4.90 Å². The van der Waals surface area contributed by atoms with Gasteiger partial charge in [-0.25, -0.2) is 0 Å². The highest BCUT2D eigenvalue weighted by Gasteiger charge is 2.36. The van der Waals surface area contributed by atoms with E-state index in [1.54, 1.807) is 0 Å². The van der Waals surface area contributed by atoms with Gasteiger partial charge in [-0.1, -0.05) is 43.5 Å². The van der Waals surface area contributed by atoms with Gasteiger partial charge >= 0.3 is 0 Å². The summed E-state index contributed by atoms with van der Waals surface area (Å²) in [7, 11) is 2.23. The summed E-state index contributed by atoms with van der Waals surface area (Å²) in [6, 6.07) is 8.72. The summed E-state index contributed by atoms with van der Waals surface area (Å²) in [4.78, 5) is 2.49. The summed E-state index contributed by atoms with van der Waals surface area (Å²) in [6.07, 6.45) is 7.68. The molecule has 0 amide bonds. The summed E-state index contributed by atoms with van der Waals surface area (Å²) >= 11 is 0. The zero-order chi connectivity index (χ0) is 14.7. The molecule has 1 heterocycles. The number of likely N-dealkylation sites (N-methyl/N-ethyl adjacent to an activating group) is 1. The van der Waals surface area contributed by atoms with Crippen LogP contribution in [0.15, 0.2) is 24.3 Å². The molecule has 3 rings (SSSR count). The van der Waals surface area contributed by atoms with Gasteiger partial charge in [-0.2, -0.15) is 0 Å². The standard InChI is InChI=1S/C18H28N2O/c1-20(18(14-19)10-5-2-6-11-18)13-17-16-8-4-3-7-15(16)9-12-21-17/h3-4,7-8,17H,2,5-6,9-14,19H2,1H3. The van der Waals surface area contributed by atoms with Gasteiger partial charge in [0, 0.05) is 18.6 Å². The van der Waals surface area contributed by atoms with Crippen LogP contribution in [0.4, 0.5) is 0 Å². The van der Waals surface area contributed by atoms with E-state index in [0.717, 1.165) is 26.1 Å². The first kappa shape index (κ1) is 15.0. The first-order valence-corrected chi connectivity index (χ1v) is 8.36. The van der Waals surface area contributed by atoms with Gasteiger partial charge in [-0.05, 0) is 37.4 Å². The molecule has 0 bridgehead atoms. The van der Waals surface area contributed by atoms with Crippen molar-refractivity contribution in [3.63, 3.8) is 0 Å². The number of rotatable bonds is 4. The molecule has 1 saturated carbocycles. The van der Waals surface area contributed by atoms with Crippen LogP contribution < -0.4 is 5.73 Å². The zero-order valence-electron chi connectivity index (χ0n) is 13.2. The van der Waals surface area contributed by atoms with Crippen LogP contribution in [0.3, 0.4) is 0 Å². The van der Waals surface area contributed by atoms with Gasteiger partial charge in [0.25, 0.3) is 0 Å². The molecule has 0 spiro atoms. The number of fused-ring (bicyclic) bond motifs is 1. The van der Waals surface area contributed by atoms with Crippen molar-refractivity contribution in [1.82, 2.24) is 4.90 Å². The third-order valence-corrected chi connectivity index (χ3v) is 5.51. The number of benzene rings is 1. The normalized spacial score (nSPS) is 24.8. The average Bonchev–Trinajstić information content (AvgIpc) is 2.56. The van der Waals surface area contributed by atoms with Crippen molar-refractivity contribution in [3.05, 3.63) is 35.4 Å². The quantitative estimate of drug-likeness (QED) is 0.926. The Labute approximate surface area is 128 Å². The Balaban J connectivity index is 1.74. The number of nitrogens with two attached hydrogens (primary N) is 1. The first-order valence-electron chi connectivity index (χ1n) is 8.36. The van der Waals surface area contributed by atoms with E-state index in [1.807, 2.05) is 0 Å². The third kappa shape index (κ3) is 3.01. The molecule has 1 unspecified atom stereocenters. The van der Waals surface area contributed by atoms with E-state index in [9.17, 15) is 0 Å². The maximum absolute atomic E-state index is 6.16. The fourth-order valence-corrected chi connectivity index (χ4v) is 4.02. The fourth-order valence-electron chi connectivity index (χ4n) is 4.02. The molecule has 1 atom stereocenters. The lowest BCUT2D eigenvalue weighted by molar-refractivity contribution is -0.0148. The highest BCUT2D eigenvalue weighted by molar-refractivity contribution is 5.31. The molecule has 0 aromatic heterocycles. The number of hydrogen-bond acceptors (Lipinski definition) is 3. The van der Waals surface area contributed by atoms with Crippen LogP contribution in [0.5, 0.6) is 0 Å². The van der Waals surface area contributed by atoms with Gasteiger partial charge in [-0.15, -0.1) is 0 Å². The number of hydrogen-bond donors (Lipinski definition) is 1. The Morgan fingerprint density at radius 1 is 1.24 bits per heavy atom. The average molecular weight is 288 g/mol. The second kappa shape index (κ2) is 6.47. The molecule has 116 valence electrons. The monoisotopic (exact) mass is 288 g/mol. The smallest absolute Gasteiger partial charge is 0.0954 e. The minimum atomic E-state index is 0.188. The molecule has 2 N–H and O–H groups in total. The molecule has 3 nitrogen and oxygen atoms in total. The summed E-state index contributed by atoms with van der Waals surface area (Å²) in [5.74, 6) is 0. The molecule has 3 heteroatoms. The topological polar surface area (TPSA) is 38.5 Å². The van der Waals surface area contributed by atoms with Gasteiger partial charge in [0.2, 0.25) is 0 Å². The van der Waals surface area contributed by atoms with E-state index in [2.05, 4.69) is 36.2 Å². The molecular formula is C18H28N2O. The van der Waals surface area contributed by atoms with Crippen molar-refractivity contribution < 1.29 is 4.74 Å². The molecule has 1 aromatic rings. The van der Waals surface area contributed by atoms with E-state index in [0.29, 0.717) is 0 Å². The Bertz CT molecular complexity index is 468. The van der Waals surface area contributed by atoms with Gasteiger partial charge in [0.15, 0.2) is 0 Å². The van der Waals surface area contributed by atoms with Crippen molar-refractivity contribution in [1.29, 1.82) is 0 Å². The van der Waals surface area contributed by atoms with Crippen molar-refractivity contribution in [2.24, 2.45) is 5.73 Å². The van der Waals surface area contributed by atoms with Crippen molar-refractivity contribution in [2.45, 2.75) is 50.2 Å². The lowest BCUT2D eigenvalue weighted by Crippen LogP contribution is -2.54. The number of ether oxygens (including phenoxy) is 1. The van der Waals surface area contributed by atoms with Crippen molar-refractivity contribution in [3.8, 4) is 0 Å². The van der Waals surface area contributed by atoms with E-state index in [-0.39, 0.29) is 11.6 Å². The second-order valence-corrected chi connectivity index (χ2v) is 6.68. The van der Waals surface area contributed by atoms with E-state index in [1.165, 1.54) is 43.2 Å². The minimum absolute atomic E-state index is 0.188. The van der Waals surface area contributed by atoms with Gasteiger partial charge in [0.05, 0.1) is 12.7 Å². The van der Waals surface area contributed by atoms with Crippen molar-refractivity contribution >= 4 is 0 Å².